The second-order valence-electron chi connectivity index (χ2n) is 3.68. The van der Waals surface area contributed by atoms with Gasteiger partial charge >= 0.3 is 12.1 Å². The van der Waals surface area contributed by atoms with Crippen molar-refractivity contribution in [3.05, 3.63) is 30.3 Å². The van der Waals surface area contributed by atoms with Crippen LogP contribution < -0.4 is 4.74 Å². The molecule has 0 aliphatic rings. The molecule has 1 amide bonds. The van der Waals surface area contributed by atoms with E-state index in [-0.39, 0.29) is 6.54 Å². The largest absolute Gasteiger partial charge is 0.468 e. The molecule has 1 aromatic rings. The third kappa shape index (κ3) is 4.45. The molecular weight excluding hydrogens is 234 g/mol. The maximum Gasteiger partial charge on any atom is 0.415 e. The maximum atomic E-state index is 11.8. The fourth-order valence-corrected chi connectivity index (χ4v) is 1.38. The SMILES string of the molecule is CCCN(CC(=O)OC)C(=O)Oc1ccccc1. The Morgan fingerprint density at radius 2 is 1.89 bits per heavy atom. The van der Waals surface area contributed by atoms with Crippen LogP contribution in [0.5, 0.6) is 5.75 Å². The van der Waals surface area contributed by atoms with Crippen molar-refractivity contribution in [1.29, 1.82) is 0 Å². The summed E-state index contributed by atoms with van der Waals surface area (Å²) in [6.07, 6.45) is 0.189. The summed E-state index contributed by atoms with van der Waals surface area (Å²) in [4.78, 5) is 24.4. The van der Waals surface area contributed by atoms with Gasteiger partial charge < -0.3 is 9.47 Å². The van der Waals surface area contributed by atoms with Gasteiger partial charge in [0, 0.05) is 6.54 Å². The molecule has 0 fully saturated rings. The van der Waals surface area contributed by atoms with E-state index in [2.05, 4.69) is 4.74 Å². The first-order valence-electron chi connectivity index (χ1n) is 5.76. The van der Waals surface area contributed by atoms with Gasteiger partial charge in [0.2, 0.25) is 0 Å². The van der Waals surface area contributed by atoms with Crippen molar-refractivity contribution in [3.8, 4) is 5.75 Å². The molecule has 0 aromatic heterocycles. The Labute approximate surface area is 106 Å². The quantitative estimate of drug-likeness (QED) is 0.752. The lowest BCUT2D eigenvalue weighted by Crippen LogP contribution is -2.38. The molecule has 1 aromatic carbocycles. The van der Waals surface area contributed by atoms with Crippen LogP contribution in [0.4, 0.5) is 4.79 Å². The number of carbonyl (C=O) groups excluding carboxylic acids is 2. The highest BCUT2D eigenvalue weighted by Gasteiger charge is 2.18. The average Bonchev–Trinajstić information content (AvgIpc) is 2.39. The van der Waals surface area contributed by atoms with Gasteiger partial charge in [-0.15, -0.1) is 0 Å². The van der Waals surface area contributed by atoms with E-state index in [1.54, 1.807) is 24.3 Å². The molecule has 5 nitrogen and oxygen atoms in total. The molecule has 0 unspecified atom stereocenters. The van der Waals surface area contributed by atoms with E-state index in [1.807, 2.05) is 13.0 Å². The summed E-state index contributed by atoms with van der Waals surface area (Å²) in [6.45, 7) is 2.26. The Balaban J connectivity index is 2.62. The fourth-order valence-electron chi connectivity index (χ4n) is 1.38. The predicted octanol–water partition coefficient (Wildman–Crippen LogP) is 2.07. The molecule has 0 saturated carbocycles. The lowest BCUT2D eigenvalue weighted by atomic mass is 10.3. The van der Waals surface area contributed by atoms with Crippen molar-refractivity contribution in [2.45, 2.75) is 13.3 Å². The molecule has 0 aliphatic carbocycles. The minimum atomic E-state index is -0.548. The van der Waals surface area contributed by atoms with Crippen LogP contribution in [0, 0.1) is 0 Å². The zero-order chi connectivity index (χ0) is 13.4. The topological polar surface area (TPSA) is 55.8 Å². The second-order valence-corrected chi connectivity index (χ2v) is 3.68. The lowest BCUT2D eigenvalue weighted by molar-refractivity contribution is -0.141. The number of nitrogens with zero attached hydrogens (tertiary/aromatic N) is 1. The zero-order valence-corrected chi connectivity index (χ0v) is 10.6. The standard InChI is InChI=1S/C13H17NO4/c1-3-9-14(10-12(15)17-2)13(16)18-11-7-5-4-6-8-11/h4-8H,3,9-10H2,1-2H3. The van der Waals surface area contributed by atoms with Crippen LogP contribution in [-0.4, -0.2) is 37.2 Å². The second kappa shape index (κ2) is 7.32. The van der Waals surface area contributed by atoms with Gasteiger partial charge in [0.1, 0.15) is 12.3 Å². The highest BCUT2D eigenvalue weighted by molar-refractivity contribution is 5.79. The molecule has 0 spiro atoms. The number of ether oxygens (including phenoxy) is 2. The van der Waals surface area contributed by atoms with Crippen LogP contribution in [0.3, 0.4) is 0 Å². The number of benzene rings is 1. The molecule has 0 saturated heterocycles. The number of amides is 1. The zero-order valence-electron chi connectivity index (χ0n) is 10.6. The van der Waals surface area contributed by atoms with E-state index in [4.69, 9.17) is 4.74 Å². The van der Waals surface area contributed by atoms with Gasteiger partial charge in [-0.25, -0.2) is 4.79 Å². The first-order valence-corrected chi connectivity index (χ1v) is 5.76. The third-order valence-corrected chi connectivity index (χ3v) is 2.25. The van der Waals surface area contributed by atoms with Crippen LogP contribution in [0.25, 0.3) is 0 Å². The summed E-state index contributed by atoms with van der Waals surface area (Å²) in [5.74, 6) is -0.0121. The Morgan fingerprint density at radius 3 is 2.44 bits per heavy atom. The molecular formula is C13H17NO4. The number of hydrogen-bond donors (Lipinski definition) is 0. The third-order valence-electron chi connectivity index (χ3n) is 2.25. The summed E-state index contributed by atoms with van der Waals surface area (Å²) in [7, 11) is 1.29. The van der Waals surface area contributed by atoms with Crippen LogP contribution in [0.15, 0.2) is 30.3 Å². The molecule has 0 bridgehead atoms. The number of rotatable bonds is 5. The highest BCUT2D eigenvalue weighted by atomic mass is 16.6. The summed E-state index contributed by atoms with van der Waals surface area (Å²) in [5.41, 5.74) is 0. The van der Waals surface area contributed by atoms with Crippen molar-refractivity contribution in [1.82, 2.24) is 4.90 Å². The molecule has 0 N–H and O–H groups in total. The summed E-state index contributed by atoms with van der Waals surface area (Å²) < 4.78 is 9.69. The van der Waals surface area contributed by atoms with E-state index in [9.17, 15) is 9.59 Å². The molecule has 0 aliphatic heterocycles. The first-order chi connectivity index (χ1) is 8.67. The van der Waals surface area contributed by atoms with Gasteiger partial charge in [0.25, 0.3) is 0 Å². The van der Waals surface area contributed by atoms with E-state index < -0.39 is 12.1 Å². The van der Waals surface area contributed by atoms with Crippen molar-refractivity contribution < 1.29 is 19.1 Å². The van der Waals surface area contributed by atoms with Crippen molar-refractivity contribution in [2.75, 3.05) is 20.2 Å². The number of methoxy groups -OCH3 is 1. The number of hydrogen-bond acceptors (Lipinski definition) is 4. The summed E-state index contributed by atoms with van der Waals surface area (Å²) in [5, 5.41) is 0. The lowest BCUT2D eigenvalue weighted by Gasteiger charge is -2.19. The predicted molar refractivity (Wildman–Crippen MR) is 66.3 cm³/mol. The normalized spacial score (nSPS) is 9.67. The van der Waals surface area contributed by atoms with Gasteiger partial charge in [-0.2, -0.15) is 0 Å². The number of carbonyl (C=O) groups is 2. The maximum absolute atomic E-state index is 11.8. The molecule has 1 rings (SSSR count). The highest BCUT2D eigenvalue weighted by Crippen LogP contribution is 2.10. The molecule has 5 heteroatoms. The van der Waals surface area contributed by atoms with E-state index in [1.165, 1.54) is 12.0 Å². The van der Waals surface area contributed by atoms with Gasteiger partial charge in [-0.1, -0.05) is 25.1 Å². The minimum absolute atomic E-state index is 0.101. The molecule has 0 atom stereocenters. The van der Waals surface area contributed by atoms with E-state index in [0.29, 0.717) is 12.3 Å². The summed E-state index contributed by atoms with van der Waals surface area (Å²) >= 11 is 0. The van der Waals surface area contributed by atoms with Crippen molar-refractivity contribution in [2.24, 2.45) is 0 Å². The van der Waals surface area contributed by atoms with Crippen LogP contribution in [0.2, 0.25) is 0 Å². The number of para-hydroxylation sites is 1. The average molecular weight is 251 g/mol. The molecule has 0 radical (unpaired) electrons. The molecule has 0 heterocycles. The van der Waals surface area contributed by atoms with E-state index >= 15 is 0 Å². The molecule has 98 valence electrons. The van der Waals surface area contributed by atoms with Gasteiger partial charge in [-0.05, 0) is 18.6 Å². The van der Waals surface area contributed by atoms with Crippen LogP contribution in [-0.2, 0) is 9.53 Å². The fraction of sp³-hybridized carbons (Fsp3) is 0.385. The smallest absolute Gasteiger partial charge is 0.415 e. The minimum Gasteiger partial charge on any atom is -0.468 e. The Kier molecular flexibility index (Phi) is 5.70. The van der Waals surface area contributed by atoms with Crippen molar-refractivity contribution >= 4 is 12.1 Å². The van der Waals surface area contributed by atoms with Gasteiger partial charge in [0.15, 0.2) is 0 Å². The first kappa shape index (κ1) is 14.0. The van der Waals surface area contributed by atoms with Gasteiger partial charge in [-0.3, -0.25) is 9.69 Å². The summed E-state index contributed by atoms with van der Waals surface area (Å²) in [6, 6.07) is 8.73. The monoisotopic (exact) mass is 251 g/mol. The van der Waals surface area contributed by atoms with E-state index in [0.717, 1.165) is 6.42 Å². The van der Waals surface area contributed by atoms with Crippen LogP contribution >= 0.6 is 0 Å². The number of esters is 1. The van der Waals surface area contributed by atoms with Crippen LogP contribution in [0.1, 0.15) is 13.3 Å². The molecule has 18 heavy (non-hydrogen) atoms. The Bertz CT molecular complexity index is 391. The van der Waals surface area contributed by atoms with Crippen molar-refractivity contribution in [3.63, 3.8) is 0 Å². The Morgan fingerprint density at radius 1 is 1.22 bits per heavy atom. The van der Waals surface area contributed by atoms with Gasteiger partial charge in [0.05, 0.1) is 7.11 Å². The Hall–Kier alpha value is -2.04.